The maximum Gasteiger partial charge on any atom is 0.408 e. The molecule has 1 N–H and O–H groups in total. The van der Waals surface area contributed by atoms with E-state index in [0.29, 0.717) is 12.8 Å². The molecule has 1 aromatic heterocycles. The highest BCUT2D eigenvalue weighted by molar-refractivity contribution is 5.81. The monoisotopic (exact) mass is 561 g/mol. The van der Waals surface area contributed by atoms with Crippen LogP contribution in [-0.4, -0.2) is 23.2 Å². The van der Waals surface area contributed by atoms with Gasteiger partial charge in [-0.2, -0.15) is 0 Å². The number of esters is 1. The molecule has 2 aromatic carbocycles. The van der Waals surface area contributed by atoms with Gasteiger partial charge in [0.2, 0.25) is 0 Å². The maximum absolute atomic E-state index is 12.7. The van der Waals surface area contributed by atoms with E-state index in [1.54, 1.807) is 6.20 Å². The molecule has 0 fully saturated rings. The van der Waals surface area contributed by atoms with Gasteiger partial charge >= 0.3 is 12.1 Å². The summed E-state index contributed by atoms with van der Waals surface area (Å²) in [4.78, 5) is 25.0. The second-order valence-corrected chi connectivity index (χ2v) is 7.31. The number of nitrogens with one attached hydrogen (secondary N) is 1. The second-order valence-electron chi connectivity index (χ2n) is 7.31. The fourth-order valence-corrected chi connectivity index (χ4v) is 3.10. The van der Waals surface area contributed by atoms with Gasteiger partial charge in [-0.1, -0.05) is 65.3 Å². The van der Waals surface area contributed by atoms with E-state index in [1.165, 1.54) is 0 Å². The normalized spacial score (nSPS) is 11.0. The van der Waals surface area contributed by atoms with E-state index in [9.17, 15) is 9.59 Å². The van der Waals surface area contributed by atoms with Crippen molar-refractivity contribution >= 4 is 12.1 Å². The van der Waals surface area contributed by atoms with Crippen molar-refractivity contribution in [1.29, 1.82) is 0 Å². The van der Waals surface area contributed by atoms with Gasteiger partial charge in [-0.3, -0.25) is 0 Å². The summed E-state index contributed by atoms with van der Waals surface area (Å²) in [6, 6.07) is 21.8. The zero-order valence-electron chi connectivity index (χ0n) is 18.3. The molecule has 0 unspecified atom stereocenters. The predicted molar refractivity (Wildman–Crippen MR) is 118 cm³/mol. The minimum absolute atomic E-state index is 0. The third-order valence-electron chi connectivity index (χ3n) is 4.81. The highest BCUT2D eigenvalue weighted by Gasteiger charge is 2.23. The first-order chi connectivity index (χ1) is 15.7. The number of carbonyl (C=O) groups is 2. The molecule has 0 aliphatic heterocycles. The van der Waals surface area contributed by atoms with Crippen LogP contribution < -0.4 is 34.0 Å². The lowest BCUT2D eigenvalue weighted by molar-refractivity contribution is -0.754. The topological polar surface area (TPSA) is 81.4 Å². The van der Waals surface area contributed by atoms with Crippen LogP contribution >= 0.6 is 0 Å². The molecule has 0 aliphatic rings. The van der Waals surface area contributed by atoms with Gasteiger partial charge < -0.3 is 38.8 Å². The van der Waals surface area contributed by atoms with Crippen LogP contribution in [0.2, 0.25) is 0 Å². The van der Waals surface area contributed by atoms with Crippen molar-refractivity contribution in [1.82, 2.24) is 10.4 Å². The first-order valence-electron chi connectivity index (χ1n) is 10.7. The summed E-state index contributed by atoms with van der Waals surface area (Å²) < 4.78 is 12.6. The first kappa shape index (κ1) is 26.2. The number of ether oxygens (including phenoxy) is 2. The summed E-state index contributed by atoms with van der Waals surface area (Å²) in [5.41, 5.74) is 1.76. The lowest BCUT2D eigenvalue weighted by atomic mass is 10.1. The Morgan fingerprint density at radius 3 is 2.09 bits per heavy atom. The van der Waals surface area contributed by atoms with Crippen molar-refractivity contribution in [3.05, 3.63) is 96.3 Å². The molecule has 3 aromatic rings. The van der Waals surface area contributed by atoms with E-state index in [1.807, 2.05) is 83.7 Å². The van der Waals surface area contributed by atoms with Crippen LogP contribution in [0.5, 0.6) is 0 Å². The van der Waals surface area contributed by atoms with Crippen LogP contribution in [0.3, 0.4) is 0 Å². The van der Waals surface area contributed by atoms with Crippen molar-refractivity contribution in [2.75, 3.05) is 0 Å². The predicted octanol–water partition coefficient (Wildman–Crippen LogP) is 0.582. The molecule has 0 saturated heterocycles. The van der Waals surface area contributed by atoms with Crippen LogP contribution in [0.15, 0.2) is 85.2 Å². The molecule has 0 saturated carbocycles. The summed E-state index contributed by atoms with van der Waals surface area (Å²) in [6.45, 7) is 1.01. The molecule has 0 spiro atoms. The zero-order valence-corrected chi connectivity index (χ0v) is 20.5. The molecule has 0 radical (unpaired) electrons. The van der Waals surface area contributed by atoms with Gasteiger partial charge in [0, 0.05) is 12.5 Å². The molecule has 1 heterocycles. The van der Waals surface area contributed by atoms with E-state index in [-0.39, 0.29) is 37.2 Å². The highest BCUT2D eigenvalue weighted by Crippen LogP contribution is 2.08. The van der Waals surface area contributed by atoms with Gasteiger partial charge in [-0.05, 0) is 35.1 Å². The summed E-state index contributed by atoms with van der Waals surface area (Å²) >= 11 is 0. The number of rotatable bonds is 11. The summed E-state index contributed by atoms with van der Waals surface area (Å²) in [5, 5.41) is 6.89. The van der Waals surface area contributed by atoms with Gasteiger partial charge in [0.15, 0.2) is 12.7 Å². The summed E-state index contributed by atoms with van der Waals surface area (Å²) in [5.74, 6) is -0.476. The van der Waals surface area contributed by atoms with Gasteiger partial charge in [-0.25, -0.2) is 9.59 Å². The Hall–Kier alpha value is -3.01. The van der Waals surface area contributed by atoms with E-state index < -0.39 is 18.1 Å². The second kappa shape index (κ2) is 14.9. The van der Waals surface area contributed by atoms with E-state index >= 15 is 0 Å². The van der Waals surface area contributed by atoms with Crippen LogP contribution in [0.25, 0.3) is 0 Å². The molecule has 1 atom stereocenters. The molecule has 3 rings (SSSR count). The molecule has 33 heavy (non-hydrogen) atoms. The smallest absolute Gasteiger partial charge is 0.408 e. The largest absolute Gasteiger partial charge is 1.00 e. The number of hydrogen-bond acceptors (Lipinski definition) is 5. The van der Waals surface area contributed by atoms with Crippen molar-refractivity contribution < 1.29 is 47.7 Å². The van der Waals surface area contributed by atoms with Crippen LogP contribution in [0.4, 0.5) is 4.79 Å². The molecular formula is C25H28IN3O4. The Labute approximate surface area is 211 Å². The number of aryl methyl sites for hydroxylation is 1. The number of hydrogen-bond donors (Lipinski definition) is 1. The van der Waals surface area contributed by atoms with Crippen molar-refractivity contribution in [2.24, 2.45) is 0 Å². The number of amides is 1. The third-order valence-corrected chi connectivity index (χ3v) is 4.81. The molecule has 0 bridgehead atoms. The minimum atomic E-state index is -0.782. The van der Waals surface area contributed by atoms with Crippen LogP contribution in [0.1, 0.15) is 30.4 Å². The lowest BCUT2D eigenvalue weighted by Gasteiger charge is -2.17. The molecule has 8 heteroatoms. The minimum Gasteiger partial charge on any atom is -1.00 e. The number of unbranched alkanes of at least 4 members (excludes halogenated alkanes) is 1. The van der Waals surface area contributed by atoms with Crippen molar-refractivity contribution in [2.45, 2.75) is 45.1 Å². The molecule has 0 aliphatic carbocycles. The number of nitrogens with zero attached hydrogens (tertiary/aromatic N) is 2. The van der Waals surface area contributed by atoms with Gasteiger partial charge in [0.25, 0.3) is 0 Å². The number of carbonyl (C=O) groups excluding carboxylic acids is 2. The molecule has 7 nitrogen and oxygen atoms in total. The average molecular weight is 561 g/mol. The number of aromatic nitrogens is 2. The highest BCUT2D eigenvalue weighted by atomic mass is 127. The Balaban J connectivity index is 0.00000385. The summed E-state index contributed by atoms with van der Waals surface area (Å²) in [6.07, 6.45) is 4.95. The maximum atomic E-state index is 12.7. The van der Waals surface area contributed by atoms with E-state index in [4.69, 9.17) is 9.47 Å². The SMILES string of the molecule is O=C(N[C@@H](CCCC[n+]1ccccn1)C(=O)OCc1ccccc1)OCc1ccccc1.[I-]. The Morgan fingerprint density at radius 1 is 0.848 bits per heavy atom. The molecular weight excluding hydrogens is 533 g/mol. The van der Waals surface area contributed by atoms with Gasteiger partial charge in [0.05, 0.1) is 6.20 Å². The van der Waals surface area contributed by atoms with Gasteiger partial charge in [0.1, 0.15) is 19.3 Å². The Morgan fingerprint density at radius 2 is 1.48 bits per heavy atom. The van der Waals surface area contributed by atoms with Gasteiger partial charge in [-0.15, -0.1) is 0 Å². The van der Waals surface area contributed by atoms with Crippen LogP contribution in [0, 0.1) is 0 Å². The number of halogens is 1. The standard InChI is InChI=1S/C25H27N3O4.HI/c29-24(31-19-21-11-3-1-4-12-21)23(15-7-9-17-28-18-10-8-16-26-28)27-25(30)32-20-22-13-5-2-6-14-22;/h1-6,8,10-14,16,18,23H,7,9,15,17,19-20H2;1H/t23-;/m0./s1. The fourth-order valence-electron chi connectivity index (χ4n) is 3.10. The van der Waals surface area contributed by atoms with E-state index in [2.05, 4.69) is 10.4 Å². The van der Waals surface area contributed by atoms with Crippen LogP contribution in [-0.2, 0) is 34.0 Å². The van der Waals surface area contributed by atoms with Crippen molar-refractivity contribution in [3.63, 3.8) is 0 Å². The zero-order chi connectivity index (χ0) is 22.4. The summed E-state index contributed by atoms with van der Waals surface area (Å²) in [7, 11) is 0. The third kappa shape index (κ3) is 9.98. The number of benzene rings is 2. The Kier molecular flexibility index (Phi) is 11.9. The van der Waals surface area contributed by atoms with Crippen molar-refractivity contribution in [3.8, 4) is 0 Å². The fraction of sp³-hybridized carbons (Fsp3) is 0.280. The lowest BCUT2D eigenvalue weighted by Crippen LogP contribution is -3.00. The van der Waals surface area contributed by atoms with E-state index in [0.717, 1.165) is 24.1 Å². The Bertz CT molecular complexity index is 959. The average Bonchev–Trinajstić information content (AvgIpc) is 2.85. The quantitative estimate of drug-likeness (QED) is 0.161. The number of alkyl carbamates (subject to hydrolysis) is 1. The molecule has 1 amide bonds. The first-order valence-corrected chi connectivity index (χ1v) is 10.7. The molecule has 174 valence electrons.